The van der Waals surface area contributed by atoms with Crippen molar-refractivity contribution in [1.29, 1.82) is 0 Å². The SMILES string of the molecule is Cc1cccc(NC(=O)CCNC(=O)[C@H]2C[C@@H]2c2ccc(C)s2)n1. The van der Waals surface area contributed by atoms with Crippen LogP contribution < -0.4 is 10.6 Å². The van der Waals surface area contributed by atoms with Crippen molar-refractivity contribution >= 4 is 29.0 Å². The number of aromatic nitrogens is 1. The van der Waals surface area contributed by atoms with Crippen molar-refractivity contribution in [3.05, 3.63) is 45.8 Å². The molecule has 1 saturated carbocycles. The van der Waals surface area contributed by atoms with Crippen molar-refractivity contribution in [1.82, 2.24) is 10.3 Å². The molecule has 2 heterocycles. The summed E-state index contributed by atoms with van der Waals surface area (Å²) in [6, 6.07) is 9.68. The van der Waals surface area contributed by atoms with Gasteiger partial charge in [-0.2, -0.15) is 0 Å². The highest BCUT2D eigenvalue weighted by atomic mass is 32.1. The van der Waals surface area contributed by atoms with E-state index in [9.17, 15) is 9.59 Å². The number of thiophene rings is 1. The predicted octanol–water partition coefficient (Wildman–Crippen LogP) is 3.01. The number of pyridine rings is 1. The Morgan fingerprint density at radius 1 is 1.25 bits per heavy atom. The number of aryl methyl sites for hydroxylation is 2. The van der Waals surface area contributed by atoms with Crippen LogP contribution in [0, 0.1) is 19.8 Å². The van der Waals surface area contributed by atoms with Gasteiger partial charge in [0.25, 0.3) is 0 Å². The molecule has 5 nitrogen and oxygen atoms in total. The van der Waals surface area contributed by atoms with Crippen LogP contribution in [0.1, 0.15) is 34.2 Å². The van der Waals surface area contributed by atoms with Gasteiger partial charge in [0.2, 0.25) is 11.8 Å². The Morgan fingerprint density at radius 3 is 2.79 bits per heavy atom. The fourth-order valence-electron chi connectivity index (χ4n) is 2.70. The molecule has 0 bridgehead atoms. The quantitative estimate of drug-likeness (QED) is 0.847. The number of hydrogen-bond donors (Lipinski definition) is 2. The van der Waals surface area contributed by atoms with E-state index in [1.807, 2.05) is 19.1 Å². The van der Waals surface area contributed by atoms with Gasteiger partial charge in [0, 0.05) is 40.2 Å². The first-order valence-corrected chi connectivity index (χ1v) is 8.92. The lowest BCUT2D eigenvalue weighted by molar-refractivity contribution is -0.122. The first kappa shape index (κ1) is 16.6. The summed E-state index contributed by atoms with van der Waals surface area (Å²) >= 11 is 1.76. The van der Waals surface area contributed by atoms with E-state index < -0.39 is 0 Å². The molecule has 24 heavy (non-hydrogen) atoms. The number of nitrogens with zero attached hydrogens (tertiary/aromatic N) is 1. The number of nitrogens with one attached hydrogen (secondary N) is 2. The highest BCUT2D eigenvalue weighted by Gasteiger charge is 2.44. The number of carbonyl (C=O) groups is 2. The molecule has 2 atom stereocenters. The zero-order valence-electron chi connectivity index (χ0n) is 13.8. The highest BCUT2D eigenvalue weighted by Crippen LogP contribution is 2.49. The zero-order valence-corrected chi connectivity index (χ0v) is 14.7. The van der Waals surface area contributed by atoms with Crippen LogP contribution in [0.25, 0.3) is 0 Å². The number of rotatable bonds is 6. The molecule has 1 aliphatic rings. The van der Waals surface area contributed by atoms with Crippen molar-refractivity contribution in [3.63, 3.8) is 0 Å². The molecule has 2 aromatic heterocycles. The van der Waals surface area contributed by atoms with Crippen molar-refractivity contribution in [2.45, 2.75) is 32.6 Å². The van der Waals surface area contributed by atoms with Crippen LogP contribution in [0.15, 0.2) is 30.3 Å². The predicted molar refractivity (Wildman–Crippen MR) is 95.1 cm³/mol. The van der Waals surface area contributed by atoms with E-state index in [0.717, 1.165) is 12.1 Å². The molecule has 0 aliphatic heterocycles. The second-order valence-electron chi connectivity index (χ2n) is 6.15. The molecule has 0 saturated heterocycles. The lowest BCUT2D eigenvalue weighted by atomic mass is 10.2. The Kier molecular flexibility index (Phi) is 4.94. The lowest BCUT2D eigenvalue weighted by Crippen LogP contribution is -2.29. The second kappa shape index (κ2) is 7.13. The molecule has 0 unspecified atom stereocenters. The Balaban J connectivity index is 1.39. The Morgan fingerprint density at radius 2 is 2.08 bits per heavy atom. The summed E-state index contributed by atoms with van der Waals surface area (Å²) in [5.41, 5.74) is 0.852. The monoisotopic (exact) mass is 343 g/mol. The number of carbonyl (C=O) groups excluding carboxylic acids is 2. The smallest absolute Gasteiger partial charge is 0.227 e. The summed E-state index contributed by atoms with van der Waals surface area (Å²) < 4.78 is 0. The molecule has 2 aromatic rings. The van der Waals surface area contributed by atoms with Crippen molar-refractivity contribution in [2.24, 2.45) is 5.92 Å². The molecule has 0 spiro atoms. The van der Waals surface area contributed by atoms with E-state index in [4.69, 9.17) is 0 Å². The fourth-order valence-corrected chi connectivity index (χ4v) is 3.76. The first-order valence-electron chi connectivity index (χ1n) is 8.10. The first-order chi connectivity index (χ1) is 11.5. The Bertz CT molecular complexity index is 756. The zero-order chi connectivity index (χ0) is 17.1. The van der Waals surface area contributed by atoms with Crippen LogP contribution in [0.5, 0.6) is 0 Å². The van der Waals surface area contributed by atoms with Crippen LogP contribution in [0.4, 0.5) is 5.82 Å². The average molecular weight is 343 g/mol. The molecule has 1 aliphatic carbocycles. The summed E-state index contributed by atoms with van der Waals surface area (Å²) in [7, 11) is 0. The van der Waals surface area contributed by atoms with Gasteiger partial charge in [-0.25, -0.2) is 4.98 Å². The Labute approximate surface area is 145 Å². The summed E-state index contributed by atoms with van der Waals surface area (Å²) in [6.45, 7) is 4.30. The van der Waals surface area contributed by atoms with Gasteiger partial charge < -0.3 is 10.6 Å². The van der Waals surface area contributed by atoms with E-state index in [-0.39, 0.29) is 24.2 Å². The van der Waals surface area contributed by atoms with Gasteiger partial charge in [0.05, 0.1) is 0 Å². The number of amides is 2. The molecule has 3 rings (SSSR count). The average Bonchev–Trinajstić information content (AvgIpc) is 3.22. The molecule has 2 amide bonds. The molecule has 0 radical (unpaired) electrons. The second-order valence-corrected chi connectivity index (χ2v) is 7.47. The van der Waals surface area contributed by atoms with Crippen LogP contribution in [-0.2, 0) is 9.59 Å². The van der Waals surface area contributed by atoms with Gasteiger partial charge in [0.1, 0.15) is 5.82 Å². The lowest BCUT2D eigenvalue weighted by Gasteiger charge is -2.06. The molecule has 1 fully saturated rings. The van der Waals surface area contributed by atoms with E-state index >= 15 is 0 Å². The normalized spacial score (nSPS) is 18.9. The van der Waals surface area contributed by atoms with E-state index in [0.29, 0.717) is 18.3 Å². The van der Waals surface area contributed by atoms with Gasteiger partial charge in [-0.1, -0.05) is 6.07 Å². The van der Waals surface area contributed by atoms with E-state index in [1.165, 1.54) is 9.75 Å². The van der Waals surface area contributed by atoms with Gasteiger partial charge in [-0.05, 0) is 44.5 Å². The summed E-state index contributed by atoms with van der Waals surface area (Å²) in [4.78, 5) is 30.8. The van der Waals surface area contributed by atoms with Crippen LogP contribution >= 0.6 is 11.3 Å². The van der Waals surface area contributed by atoms with Crippen LogP contribution in [0.3, 0.4) is 0 Å². The maximum absolute atomic E-state index is 12.1. The molecule has 126 valence electrons. The maximum Gasteiger partial charge on any atom is 0.227 e. The maximum atomic E-state index is 12.1. The minimum absolute atomic E-state index is 0.0486. The third kappa shape index (κ3) is 4.20. The number of anilines is 1. The summed E-state index contributed by atoms with van der Waals surface area (Å²) in [6.07, 6.45) is 1.15. The molecular formula is C18H21N3O2S. The largest absolute Gasteiger partial charge is 0.355 e. The standard InChI is InChI=1S/C18H21N3O2S/c1-11-4-3-5-16(20-11)21-17(22)8-9-19-18(23)14-10-13(14)15-7-6-12(2)24-15/h3-7,13-14H,8-10H2,1-2H3,(H,19,23)(H,20,21,22)/t13-,14-/m0/s1. The molecular weight excluding hydrogens is 322 g/mol. The number of hydrogen-bond acceptors (Lipinski definition) is 4. The molecule has 0 aromatic carbocycles. The topological polar surface area (TPSA) is 71.1 Å². The fraction of sp³-hybridized carbons (Fsp3) is 0.389. The molecule has 2 N–H and O–H groups in total. The highest BCUT2D eigenvalue weighted by molar-refractivity contribution is 7.12. The summed E-state index contributed by atoms with van der Waals surface area (Å²) in [5.74, 6) is 0.863. The Hall–Kier alpha value is -2.21. The minimum Gasteiger partial charge on any atom is -0.355 e. The van der Waals surface area contributed by atoms with Gasteiger partial charge in [-0.15, -0.1) is 11.3 Å². The van der Waals surface area contributed by atoms with E-state index in [1.54, 1.807) is 17.4 Å². The van der Waals surface area contributed by atoms with Gasteiger partial charge in [0.15, 0.2) is 0 Å². The van der Waals surface area contributed by atoms with Crippen molar-refractivity contribution < 1.29 is 9.59 Å². The third-order valence-electron chi connectivity index (χ3n) is 4.06. The van der Waals surface area contributed by atoms with E-state index in [2.05, 4.69) is 34.7 Å². The van der Waals surface area contributed by atoms with Crippen molar-refractivity contribution in [3.8, 4) is 0 Å². The van der Waals surface area contributed by atoms with Gasteiger partial charge in [-0.3, -0.25) is 9.59 Å². The van der Waals surface area contributed by atoms with Crippen molar-refractivity contribution in [2.75, 3.05) is 11.9 Å². The van der Waals surface area contributed by atoms with Crippen LogP contribution in [-0.4, -0.2) is 23.3 Å². The third-order valence-corrected chi connectivity index (χ3v) is 5.19. The van der Waals surface area contributed by atoms with Crippen LogP contribution in [0.2, 0.25) is 0 Å². The summed E-state index contributed by atoms with van der Waals surface area (Å²) in [5, 5.41) is 5.60. The molecule has 6 heteroatoms. The van der Waals surface area contributed by atoms with Gasteiger partial charge >= 0.3 is 0 Å². The minimum atomic E-state index is -0.144.